The van der Waals surface area contributed by atoms with Crippen molar-refractivity contribution < 1.29 is 23.8 Å². The van der Waals surface area contributed by atoms with Crippen molar-refractivity contribution in [3.05, 3.63) is 48.0 Å². The number of anilines is 1. The summed E-state index contributed by atoms with van der Waals surface area (Å²) in [4.78, 5) is 26.0. The Balaban J connectivity index is 2.00. The van der Waals surface area contributed by atoms with Crippen molar-refractivity contribution >= 4 is 17.5 Å². The zero-order valence-corrected chi connectivity index (χ0v) is 15.2. The van der Waals surface area contributed by atoms with E-state index in [1.807, 2.05) is 0 Å². The Morgan fingerprint density at radius 2 is 1.58 bits per heavy atom. The van der Waals surface area contributed by atoms with Crippen molar-refractivity contribution in [2.45, 2.75) is 0 Å². The summed E-state index contributed by atoms with van der Waals surface area (Å²) >= 11 is 0. The molecule has 0 radical (unpaired) electrons. The van der Waals surface area contributed by atoms with Crippen LogP contribution in [-0.2, 0) is 4.79 Å². The second-order valence-corrected chi connectivity index (χ2v) is 5.51. The Labute approximate surface area is 152 Å². The molecule has 0 atom stereocenters. The summed E-state index contributed by atoms with van der Waals surface area (Å²) in [5.74, 6) is 1.09. The maximum atomic E-state index is 12.5. The van der Waals surface area contributed by atoms with E-state index in [1.165, 1.54) is 19.1 Å². The minimum Gasteiger partial charge on any atom is -0.497 e. The SMILES string of the molecule is COc1ccc(NC(=O)CN(C)C(=O)c2ccc(OC)c(OC)c2)cc1. The first-order chi connectivity index (χ1) is 12.5. The Bertz CT molecular complexity index is 774. The van der Waals surface area contributed by atoms with Gasteiger partial charge in [0, 0.05) is 18.3 Å². The zero-order valence-electron chi connectivity index (χ0n) is 15.2. The van der Waals surface area contributed by atoms with Gasteiger partial charge in [-0.15, -0.1) is 0 Å². The lowest BCUT2D eigenvalue weighted by Crippen LogP contribution is -2.34. The van der Waals surface area contributed by atoms with E-state index >= 15 is 0 Å². The Kier molecular flexibility index (Phi) is 6.43. The van der Waals surface area contributed by atoms with Crippen LogP contribution in [0.4, 0.5) is 5.69 Å². The molecule has 0 heterocycles. The highest BCUT2D eigenvalue weighted by Crippen LogP contribution is 2.27. The van der Waals surface area contributed by atoms with Crippen molar-refractivity contribution in [3.8, 4) is 17.2 Å². The minimum atomic E-state index is -0.300. The lowest BCUT2D eigenvalue weighted by molar-refractivity contribution is -0.116. The molecule has 1 N–H and O–H groups in total. The highest BCUT2D eigenvalue weighted by molar-refractivity contribution is 5.99. The molecule has 7 nitrogen and oxygen atoms in total. The first kappa shape index (κ1) is 19.1. The number of ether oxygens (including phenoxy) is 3. The van der Waals surface area contributed by atoms with E-state index < -0.39 is 0 Å². The second kappa shape index (κ2) is 8.75. The molecule has 0 bridgehead atoms. The molecule has 0 saturated heterocycles. The molecular weight excluding hydrogens is 336 g/mol. The Hall–Kier alpha value is -3.22. The summed E-state index contributed by atoms with van der Waals surface area (Å²) < 4.78 is 15.4. The molecule has 138 valence electrons. The summed E-state index contributed by atoms with van der Waals surface area (Å²) in [6, 6.07) is 11.8. The Morgan fingerprint density at radius 1 is 0.923 bits per heavy atom. The molecule has 2 amide bonds. The van der Waals surface area contributed by atoms with Gasteiger partial charge in [0.15, 0.2) is 11.5 Å². The number of benzene rings is 2. The van der Waals surface area contributed by atoms with E-state index in [1.54, 1.807) is 56.6 Å². The molecule has 7 heteroatoms. The molecule has 0 aromatic heterocycles. The third kappa shape index (κ3) is 4.66. The fourth-order valence-corrected chi connectivity index (χ4v) is 2.35. The first-order valence-electron chi connectivity index (χ1n) is 7.90. The standard InChI is InChI=1S/C19H22N2O5/c1-21(12-18(22)20-14-6-8-15(24-2)9-7-14)19(23)13-5-10-16(25-3)17(11-13)26-4/h5-11H,12H2,1-4H3,(H,20,22). The van der Waals surface area contributed by atoms with Crippen LogP contribution in [0.3, 0.4) is 0 Å². The number of amides is 2. The Morgan fingerprint density at radius 3 is 2.15 bits per heavy atom. The van der Waals surface area contributed by atoms with Gasteiger partial charge in [-0.2, -0.15) is 0 Å². The second-order valence-electron chi connectivity index (χ2n) is 5.51. The molecule has 0 aliphatic rings. The number of hydrogen-bond acceptors (Lipinski definition) is 5. The van der Waals surface area contributed by atoms with Gasteiger partial charge in [0.1, 0.15) is 5.75 Å². The van der Waals surface area contributed by atoms with Crippen molar-refractivity contribution in [2.75, 3.05) is 40.2 Å². The van der Waals surface area contributed by atoms with Crippen molar-refractivity contribution in [3.63, 3.8) is 0 Å². The van der Waals surface area contributed by atoms with Crippen LogP contribution in [0.1, 0.15) is 10.4 Å². The summed E-state index contributed by atoms with van der Waals surface area (Å²) in [5.41, 5.74) is 1.03. The molecule has 2 aromatic carbocycles. The van der Waals surface area contributed by atoms with Crippen LogP contribution >= 0.6 is 0 Å². The molecule has 26 heavy (non-hydrogen) atoms. The number of nitrogens with one attached hydrogen (secondary N) is 1. The van der Waals surface area contributed by atoms with E-state index in [0.29, 0.717) is 28.5 Å². The van der Waals surface area contributed by atoms with Gasteiger partial charge in [0.05, 0.1) is 27.9 Å². The summed E-state index contributed by atoms with van der Waals surface area (Å²) in [6.07, 6.45) is 0. The molecule has 0 aliphatic heterocycles. The van der Waals surface area contributed by atoms with Gasteiger partial charge in [0.25, 0.3) is 5.91 Å². The smallest absolute Gasteiger partial charge is 0.254 e. The van der Waals surface area contributed by atoms with Gasteiger partial charge in [-0.05, 0) is 42.5 Å². The summed E-state index contributed by atoms with van der Waals surface area (Å²) in [7, 11) is 6.15. The van der Waals surface area contributed by atoms with Gasteiger partial charge < -0.3 is 24.4 Å². The third-order valence-corrected chi connectivity index (χ3v) is 3.73. The van der Waals surface area contributed by atoms with Crippen LogP contribution < -0.4 is 19.5 Å². The van der Waals surface area contributed by atoms with Crippen LogP contribution in [0.5, 0.6) is 17.2 Å². The maximum absolute atomic E-state index is 12.5. The molecule has 0 saturated carbocycles. The number of carbonyl (C=O) groups is 2. The van der Waals surface area contributed by atoms with Crippen LogP contribution in [0.2, 0.25) is 0 Å². The first-order valence-corrected chi connectivity index (χ1v) is 7.90. The fourth-order valence-electron chi connectivity index (χ4n) is 2.35. The zero-order chi connectivity index (χ0) is 19.1. The van der Waals surface area contributed by atoms with Gasteiger partial charge in [-0.25, -0.2) is 0 Å². The normalized spacial score (nSPS) is 10.0. The number of rotatable bonds is 7. The van der Waals surface area contributed by atoms with Gasteiger partial charge in [-0.1, -0.05) is 0 Å². The average Bonchev–Trinajstić information content (AvgIpc) is 2.67. The highest BCUT2D eigenvalue weighted by atomic mass is 16.5. The van der Waals surface area contributed by atoms with Crippen LogP contribution in [0, 0.1) is 0 Å². The summed E-state index contributed by atoms with van der Waals surface area (Å²) in [5, 5.41) is 2.74. The van der Waals surface area contributed by atoms with Crippen molar-refractivity contribution in [1.82, 2.24) is 4.90 Å². The van der Waals surface area contributed by atoms with Crippen molar-refractivity contribution in [2.24, 2.45) is 0 Å². The lowest BCUT2D eigenvalue weighted by atomic mass is 10.1. The topological polar surface area (TPSA) is 77.1 Å². The van der Waals surface area contributed by atoms with E-state index in [-0.39, 0.29) is 18.4 Å². The van der Waals surface area contributed by atoms with Crippen LogP contribution in [0.15, 0.2) is 42.5 Å². The van der Waals surface area contributed by atoms with Gasteiger partial charge in [-0.3, -0.25) is 9.59 Å². The molecule has 2 rings (SSSR count). The molecule has 2 aromatic rings. The lowest BCUT2D eigenvalue weighted by Gasteiger charge is -2.18. The number of nitrogens with zero attached hydrogens (tertiary/aromatic N) is 1. The van der Waals surface area contributed by atoms with E-state index in [4.69, 9.17) is 14.2 Å². The molecular formula is C19H22N2O5. The van der Waals surface area contributed by atoms with Crippen molar-refractivity contribution in [1.29, 1.82) is 0 Å². The summed E-state index contributed by atoms with van der Waals surface area (Å²) in [6.45, 7) is -0.0841. The molecule has 0 unspecified atom stereocenters. The van der Waals surface area contributed by atoms with Gasteiger partial charge in [0.2, 0.25) is 5.91 Å². The van der Waals surface area contributed by atoms with E-state index in [2.05, 4.69) is 5.32 Å². The van der Waals surface area contributed by atoms with Crippen LogP contribution in [0.25, 0.3) is 0 Å². The highest BCUT2D eigenvalue weighted by Gasteiger charge is 2.17. The van der Waals surface area contributed by atoms with E-state index in [9.17, 15) is 9.59 Å². The molecule has 0 spiro atoms. The largest absolute Gasteiger partial charge is 0.497 e. The van der Waals surface area contributed by atoms with E-state index in [0.717, 1.165) is 0 Å². The maximum Gasteiger partial charge on any atom is 0.254 e. The third-order valence-electron chi connectivity index (χ3n) is 3.73. The number of carbonyl (C=O) groups excluding carboxylic acids is 2. The van der Waals surface area contributed by atoms with Gasteiger partial charge >= 0.3 is 0 Å². The number of hydrogen-bond donors (Lipinski definition) is 1. The number of likely N-dealkylation sites (N-methyl/N-ethyl adjacent to an activating group) is 1. The predicted octanol–water partition coefficient (Wildman–Crippen LogP) is 2.42. The molecule has 0 aliphatic carbocycles. The predicted molar refractivity (Wildman–Crippen MR) is 98.1 cm³/mol. The average molecular weight is 358 g/mol. The monoisotopic (exact) mass is 358 g/mol. The van der Waals surface area contributed by atoms with Crippen LogP contribution in [-0.4, -0.2) is 51.6 Å². The fraction of sp³-hybridized carbons (Fsp3) is 0.263. The minimum absolute atomic E-state index is 0.0841. The quantitative estimate of drug-likeness (QED) is 0.823. The molecule has 0 fully saturated rings. The number of methoxy groups -OCH3 is 3.